The number of nitrogens with one attached hydrogen (secondary N) is 1. The highest BCUT2D eigenvalue weighted by Crippen LogP contribution is 2.16. The van der Waals surface area contributed by atoms with Gasteiger partial charge >= 0.3 is 0 Å². The zero-order valence-electron chi connectivity index (χ0n) is 14.5. The first-order chi connectivity index (χ1) is 12.3. The Kier molecular flexibility index (Phi) is 8.16. The average Bonchev–Trinajstić information content (AvgIpc) is 2.68. The van der Waals surface area contributed by atoms with E-state index in [1.807, 2.05) is 66.7 Å². The minimum Gasteiger partial charge on any atom is -1.00 e. The molecule has 0 heterocycles. The van der Waals surface area contributed by atoms with E-state index in [2.05, 4.69) is 23.5 Å². The predicted molar refractivity (Wildman–Crippen MR) is 100 cm³/mol. The van der Waals surface area contributed by atoms with Crippen LogP contribution in [0.3, 0.4) is 0 Å². The molecule has 0 aliphatic rings. The third-order valence-electron chi connectivity index (χ3n) is 4.00. The number of halogens is 1. The van der Waals surface area contributed by atoms with Crippen LogP contribution in [0.2, 0.25) is 0 Å². The van der Waals surface area contributed by atoms with E-state index in [4.69, 9.17) is 4.74 Å². The van der Waals surface area contributed by atoms with Crippen molar-refractivity contribution < 1.29 is 22.3 Å². The van der Waals surface area contributed by atoms with Gasteiger partial charge in [0, 0.05) is 13.1 Å². The molecular formula is C22H23ClNO2-. The van der Waals surface area contributed by atoms with Crippen molar-refractivity contribution in [2.24, 2.45) is 0 Å². The van der Waals surface area contributed by atoms with E-state index in [0.29, 0.717) is 19.7 Å². The first kappa shape index (κ1) is 20.0. The summed E-state index contributed by atoms with van der Waals surface area (Å²) in [4.78, 5) is 0. The van der Waals surface area contributed by atoms with Gasteiger partial charge in [0.05, 0.1) is 6.10 Å². The molecule has 0 fully saturated rings. The predicted octanol–water partition coefficient (Wildman–Crippen LogP) is 1.09. The molecule has 1 atom stereocenters. The van der Waals surface area contributed by atoms with E-state index in [9.17, 15) is 5.11 Å². The number of benzene rings is 3. The van der Waals surface area contributed by atoms with Crippen LogP contribution in [-0.4, -0.2) is 11.7 Å². The van der Waals surface area contributed by atoms with Crippen LogP contribution in [0.5, 0.6) is 5.75 Å². The lowest BCUT2D eigenvalue weighted by molar-refractivity contribution is -0.00000710. The van der Waals surface area contributed by atoms with Crippen LogP contribution < -0.4 is 22.5 Å². The van der Waals surface area contributed by atoms with E-state index in [1.54, 1.807) is 0 Å². The maximum Gasteiger partial charge on any atom is 0.120 e. The van der Waals surface area contributed by atoms with Gasteiger partial charge in [-0.05, 0) is 28.8 Å². The molecule has 3 rings (SSSR count). The summed E-state index contributed by atoms with van der Waals surface area (Å²) >= 11 is 0. The van der Waals surface area contributed by atoms with Crippen LogP contribution in [0.15, 0.2) is 84.9 Å². The van der Waals surface area contributed by atoms with E-state index in [0.717, 1.165) is 22.4 Å². The van der Waals surface area contributed by atoms with Crippen molar-refractivity contribution >= 4 is 0 Å². The minimum absolute atomic E-state index is 0. The zero-order chi connectivity index (χ0) is 17.3. The van der Waals surface area contributed by atoms with Crippen molar-refractivity contribution in [2.45, 2.75) is 19.3 Å². The Balaban J connectivity index is 0.00000243. The van der Waals surface area contributed by atoms with Crippen molar-refractivity contribution in [3.05, 3.63) is 102 Å². The highest BCUT2D eigenvalue weighted by molar-refractivity contribution is 5.29. The minimum atomic E-state index is -0.501. The second-order valence-electron chi connectivity index (χ2n) is 5.98. The summed E-state index contributed by atoms with van der Waals surface area (Å²) in [5.74, 6) is 0.853. The van der Waals surface area contributed by atoms with Gasteiger partial charge in [0.25, 0.3) is 0 Å². The first-order valence-corrected chi connectivity index (χ1v) is 8.50. The Bertz CT molecular complexity index is 765. The van der Waals surface area contributed by atoms with Crippen LogP contribution >= 0.6 is 0 Å². The summed E-state index contributed by atoms with van der Waals surface area (Å²) in [6, 6.07) is 27.9. The van der Waals surface area contributed by atoms with Gasteiger partial charge in [-0.1, -0.05) is 72.8 Å². The maximum absolute atomic E-state index is 10.2. The number of ether oxygens (including phenoxy) is 1. The summed E-state index contributed by atoms with van der Waals surface area (Å²) < 4.78 is 5.85. The van der Waals surface area contributed by atoms with Gasteiger partial charge in [-0.2, -0.15) is 0 Å². The fourth-order valence-electron chi connectivity index (χ4n) is 2.63. The lowest BCUT2D eigenvalue weighted by atomic mass is 10.1. The molecule has 0 spiro atoms. The van der Waals surface area contributed by atoms with Crippen molar-refractivity contribution in [1.82, 2.24) is 5.32 Å². The van der Waals surface area contributed by atoms with Crippen molar-refractivity contribution in [3.8, 4) is 5.75 Å². The Morgan fingerprint density at radius 3 is 2.19 bits per heavy atom. The van der Waals surface area contributed by atoms with Gasteiger partial charge in [0.2, 0.25) is 0 Å². The van der Waals surface area contributed by atoms with Gasteiger partial charge in [-0.15, -0.1) is 0 Å². The number of hydrogen-bond donors (Lipinski definition) is 2. The molecular weight excluding hydrogens is 346 g/mol. The second kappa shape index (κ2) is 10.6. The van der Waals surface area contributed by atoms with E-state index >= 15 is 0 Å². The zero-order valence-corrected chi connectivity index (χ0v) is 15.3. The SMILES string of the molecule is OC(CNCc1cccc(OCc2ccccc2)c1)c1ccccc1.[Cl-]. The molecule has 3 aromatic rings. The Labute approximate surface area is 161 Å². The molecule has 3 nitrogen and oxygen atoms in total. The van der Waals surface area contributed by atoms with Gasteiger partial charge in [-0.3, -0.25) is 0 Å². The van der Waals surface area contributed by atoms with Crippen molar-refractivity contribution in [2.75, 3.05) is 6.54 Å². The van der Waals surface area contributed by atoms with E-state index in [-0.39, 0.29) is 12.4 Å². The summed E-state index contributed by atoms with van der Waals surface area (Å²) in [5, 5.41) is 13.5. The standard InChI is InChI=1S/C22H23NO2.ClH/c24-22(20-11-5-2-6-12-20)16-23-15-19-10-7-13-21(14-19)25-17-18-8-3-1-4-9-18;/h1-14,22-24H,15-17H2;1H/p-1. The third kappa shape index (κ3) is 6.19. The Hall–Kier alpha value is -2.33. The molecule has 0 radical (unpaired) electrons. The van der Waals surface area contributed by atoms with Crippen LogP contribution in [0, 0.1) is 0 Å². The van der Waals surface area contributed by atoms with Crippen LogP contribution in [0.25, 0.3) is 0 Å². The third-order valence-corrected chi connectivity index (χ3v) is 4.00. The molecule has 2 N–H and O–H groups in total. The summed E-state index contributed by atoms with van der Waals surface area (Å²) in [6.07, 6.45) is -0.501. The molecule has 0 bridgehead atoms. The highest BCUT2D eigenvalue weighted by Gasteiger charge is 2.06. The molecule has 136 valence electrons. The van der Waals surface area contributed by atoms with Gasteiger partial charge < -0.3 is 27.6 Å². The van der Waals surface area contributed by atoms with Crippen LogP contribution in [0.4, 0.5) is 0 Å². The molecule has 3 aromatic carbocycles. The first-order valence-electron chi connectivity index (χ1n) is 8.50. The lowest BCUT2D eigenvalue weighted by Gasteiger charge is -2.13. The van der Waals surface area contributed by atoms with Crippen molar-refractivity contribution in [1.29, 1.82) is 0 Å². The molecule has 26 heavy (non-hydrogen) atoms. The highest BCUT2D eigenvalue weighted by atomic mass is 35.5. The maximum atomic E-state index is 10.2. The molecule has 4 heteroatoms. The van der Waals surface area contributed by atoms with Crippen LogP contribution in [0.1, 0.15) is 22.8 Å². The number of hydrogen-bond acceptors (Lipinski definition) is 3. The molecule has 0 aliphatic heterocycles. The Morgan fingerprint density at radius 2 is 1.46 bits per heavy atom. The average molecular weight is 369 g/mol. The number of aliphatic hydroxyl groups excluding tert-OH is 1. The lowest BCUT2D eigenvalue weighted by Crippen LogP contribution is -3.00. The van der Waals surface area contributed by atoms with E-state index in [1.165, 1.54) is 0 Å². The van der Waals surface area contributed by atoms with Gasteiger partial charge in [-0.25, -0.2) is 0 Å². The fourth-order valence-corrected chi connectivity index (χ4v) is 2.63. The van der Waals surface area contributed by atoms with Gasteiger partial charge in [0.1, 0.15) is 12.4 Å². The van der Waals surface area contributed by atoms with Crippen molar-refractivity contribution in [3.63, 3.8) is 0 Å². The quantitative estimate of drug-likeness (QED) is 0.625. The molecule has 0 amide bonds. The summed E-state index contributed by atoms with van der Waals surface area (Å²) in [6.45, 7) is 1.76. The normalized spacial score (nSPS) is 11.4. The Morgan fingerprint density at radius 1 is 0.808 bits per heavy atom. The smallest absolute Gasteiger partial charge is 0.120 e. The number of aliphatic hydroxyl groups is 1. The van der Waals surface area contributed by atoms with Gasteiger partial charge in [0.15, 0.2) is 0 Å². The second-order valence-corrected chi connectivity index (χ2v) is 5.98. The summed E-state index contributed by atoms with van der Waals surface area (Å²) in [5.41, 5.74) is 3.21. The fraction of sp³-hybridized carbons (Fsp3) is 0.182. The molecule has 0 saturated carbocycles. The molecule has 1 unspecified atom stereocenters. The molecule has 0 aromatic heterocycles. The summed E-state index contributed by atoms with van der Waals surface area (Å²) in [7, 11) is 0. The molecule has 0 aliphatic carbocycles. The largest absolute Gasteiger partial charge is 1.00 e. The number of rotatable bonds is 8. The molecule has 0 saturated heterocycles. The topological polar surface area (TPSA) is 41.5 Å². The van der Waals surface area contributed by atoms with Crippen LogP contribution in [-0.2, 0) is 13.2 Å². The van der Waals surface area contributed by atoms with E-state index < -0.39 is 6.10 Å². The monoisotopic (exact) mass is 368 g/mol.